The Bertz CT molecular complexity index is 334. The molecule has 0 atom stereocenters. The summed E-state index contributed by atoms with van der Waals surface area (Å²) in [6.07, 6.45) is 2.44. The molecule has 1 fully saturated rings. The van der Waals surface area contributed by atoms with Crippen molar-refractivity contribution in [3.05, 3.63) is 23.9 Å². The molecule has 0 radical (unpaired) electrons. The first-order valence-electron chi connectivity index (χ1n) is 4.70. The van der Waals surface area contributed by atoms with E-state index in [2.05, 4.69) is 11.9 Å². The summed E-state index contributed by atoms with van der Waals surface area (Å²) in [6.45, 7) is 3.12. The molecule has 0 aromatic carbocycles. The summed E-state index contributed by atoms with van der Waals surface area (Å²) in [5.74, 6) is 0.671. The van der Waals surface area contributed by atoms with Crippen molar-refractivity contribution in [1.29, 1.82) is 0 Å². The minimum absolute atomic E-state index is 0.304. The number of aromatic nitrogens is 1. The molecule has 4 heteroatoms. The number of ether oxygens (including phenoxy) is 1. The average Bonchev–Trinajstić information content (AvgIpc) is 2.65. The second kappa shape index (κ2) is 3.65. The minimum atomic E-state index is -0.304. The molecule has 4 nitrogen and oxygen atoms in total. The largest absolute Gasteiger partial charge is 0.447 e. The molecule has 1 aliphatic heterocycles. The molecule has 1 aromatic rings. The summed E-state index contributed by atoms with van der Waals surface area (Å²) >= 11 is 0. The third kappa shape index (κ3) is 1.55. The number of anilines is 1. The summed E-state index contributed by atoms with van der Waals surface area (Å²) < 4.78 is 4.82. The zero-order valence-corrected chi connectivity index (χ0v) is 8.06. The number of carbonyl (C=O) groups is 1. The predicted octanol–water partition coefficient (Wildman–Crippen LogP) is 1.60. The van der Waals surface area contributed by atoms with Crippen molar-refractivity contribution < 1.29 is 9.53 Å². The van der Waals surface area contributed by atoms with E-state index in [9.17, 15) is 4.79 Å². The first-order chi connectivity index (χ1) is 6.81. The summed E-state index contributed by atoms with van der Waals surface area (Å²) in [6, 6.07) is 3.83. The first kappa shape index (κ1) is 8.99. The van der Waals surface area contributed by atoms with Gasteiger partial charge in [-0.25, -0.2) is 9.78 Å². The van der Waals surface area contributed by atoms with E-state index in [1.807, 2.05) is 12.1 Å². The molecule has 14 heavy (non-hydrogen) atoms. The van der Waals surface area contributed by atoms with Gasteiger partial charge in [0.1, 0.15) is 12.4 Å². The Morgan fingerprint density at radius 2 is 2.43 bits per heavy atom. The average molecular weight is 192 g/mol. The van der Waals surface area contributed by atoms with E-state index in [1.165, 1.54) is 5.56 Å². The lowest BCUT2D eigenvalue weighted by Gasteiger charge is -2.11. The molecule has 0 bridgehead atoms. The molecule has 1 amide bonds. The van der Waals surface area contributed by atoms with Crippen molar-refractivity contribution in [2.45, 2.75) is 13.3 Å². The number of pyridine rings is 1. The van der Waals surface area contributed by atoms with E-state index in [-0.39, 0.29) is 6.09 Å². The third-order valence-electron chi connectivity index (χ3n) is 2.25. The fourth-order valence-electron chi connectivity index (χ4n) is 1.39. The van der Waals surface area contributed by atoms with Gasteiger partial charge in [-0.05, 0) is 18.1 Å². The van der Waals surface area contributed by atoms with Gasteiger partial charge >= 0.3 is 6.09 Å². The number of cyclic esters (lactones) is 1. The van der Waals surface area contributed by atoms with Gasteiger partial charge in [0, 0.05) is 6.20 Å². The lowest BCUT2D eigenvalue weighted by Crippen LogP contribution is -2.24. The van der Waals surface area contributed by atoms with Crippen molar-refractivity contribution in [3.63, 3.8) is 0 Å². The van der Waals surface area contributed by atoms with Crippen LogP contribution in [0.25, 0.3) is 0 Å². The van der Waals surface area contributed by atoms with Crippen LogP contribution in [-0.4, -0.2) is 24.2 Å². The van der Waals surface area contributed by atoms with Gasteiger partial charge in [-0.2, -0.15) is 0 Å². The molecule has 0 aliphatic carbocycles. The van der Waals surface area contributed by atoms with Crippen molar-refractivity contribution in [3.8, 4) is 0 Å². The highest BCUT2D eigenvalue weighted by Crippen LogP contribution is 2.15. The lowest BCUT2D eigenvalue weighted by atomic mass is 10.2. The van der Waals surface area contributed by atoms with Crippen molar-refractivity contribution >= 4 is 11.9 Å². The Labute approximate surface area is 82.5 Å². The number of hydrogen-bond acceptors (Lipinski definition) is 3. The van der Waals surface area contributed by atoms with Crippen LogP contribution in [0.4, 0.5) is 10.6 Å². The molecule has 1 aliphatic rings. The van der Waals surface area contributed by atoms with Gasteiger partial charge in [0.15, 0.2) is 0 Å². The second-order valence-corrected chi connectivity index (χ2v) is 3.14. The Morgan fingerprint density at radius 1 is 1.57 bits per heavy atom. The Morgan fingerprint density at radius 3 is 2.93 bits per heavy atom. The molecule has 0 N–H and O–H groups in total. The SMILES string of the molecule is CCc1ccc(N2CCOC2=O)nc1. The van der Waals surface area contributed by atoms with Crippen LogP contribution in [0.1, 0.15) is 12.5 Å². The zero-order chi connectivity index (χ0) is 9.97. The van der Waals surface area contributed by atoms with Crippen LogP contribution in [-0.2, 0) is 11.2 Å². The van der Waals surface area contributed by atoms with Gasteiger partial charge in [0.2, 0.25) is 0 Å². The number of rotatable bonds is 2. The smallest absolute Gasteiger partial charge is 0.415 e. The fraction of sp³-hybridized carbons (Fsp3) is 0.400. The topological polar surface area (TPSA) is 42.4 Å². The number of amides is 1. The van der Waals surface area contributed by atoms with Gasteiger partial charge in [-0.15, -0.1) is 0 Å². The number of carbonyl (C=O) groups excluding carboxylic acids is 1. The molecular weight excluding hydrogens is 180 g/mol. The van der Waals surface area contributed by atoms with Crippen LogP contribution in [0.15, 0.2) is 18.3 Å². The summed E-state index contributed by atoms with van der Waals surface area (Å²) in [4.78, 5) is 16.9. The Kier molecular flexibility index (Phi) is 2.35. The van der Waals surface area contributed by atoms with Crippen LogP contribution in [0.2, 0.25) is 0 Å². The van der Waals surface area contributed by atoms with Gasteiger partial charge in [-0.3, -0.25) is 4.90 Å². The predicted molar refractivity (Wildman–Crippen MR) is 52.3 cm³/mol. The van der Waals surface area contributed by atoms with Crippen LogP contribution < -0.4 is 4.90 Å². The minimum Gasteiger partial charge on any atom is -0.447 e. The van der Waals surface area contributed by atoms with Crippen LogP contribution in [0.5, 0.6) is 0 Å². The highest BCUT2D eigenvalue weighted by Gasteiger charge is 2.24. The molecule has 0 spiro atoms. The summed E-state index contributed by atoms with van der Waals surface area (Å²) in [5, 5.41) is 0. The van der Waals surface area contributed by atoms with Crippen molar-refractivity contribution in [2.75, 3.05) is 18.1 Å². The van der Waals surface area contributed by atoms with E-state index in [4.69, 9.17) is 4.74 Å². The molecule has 2 heterocycles. The normalized spacial score (nSPS) is 15.8. The highest BCUT2D eigenvalue weighted by atomic mass is 16.6. The Balaban J connectivity index is 2.20. The quantitative estimate of drug-likeness (QED) is 0.714. The van der Waals surface area contributed by atoms with Crippen LogP contribution in [0.3, 0.4) is 0 Å². The van der Waals surface area contributed by atoms with Crippen LogP contribution >= 0.6 is 0 Å². The molecule has 0 unspecified atom stereocenters. The standard InChI is InChI=1S/C10H12N2O2/c1-2-8-3-4-9(11-7-8)12-5-6-14-10(12)13/h3-4,7H,2,5-6H2,1H3. The Hall–Kier alpha value is -1.58. The maximum absolute atomic E-state index is 11.2. The molecule has 1 aromatic heterocycles. The van der Waals surface area contributed by atoms with Gasteiger partial charge in [0.05, 0.1) is 6.54 Å². The van der Waals surface area contributed by atoms with E-state index in [0.717, 1.165) is 6.42 Å². The van der Waals surface area contributed by atoms with Gasteiger partial charge < -0.3 is 4.74 Å². The summed E-state index contributed by atoms with van der Waals surface area (Å²) in [5.41, 5.74) is 1.17. The molecule has 74 valence electrons. The van der Waals surface area contributed by atoms with Gasteiger partial charge in [-0.1, -0.05) is 13.0 Å². The first-order valence-corrected chi connectivity index (χ1v) is 4.70. The van der Waals surface area contributed by atoms with E-state index >= 15 is 0 Å². The van der Waals surface area contributed by atoms with E-state index < -0.39 is 0 Å². The van der Waals surface area contributed by atoms with Crippen molar-refractivity contribution in [2.24, 2.45) is 0 Å². The molecule has 0 saturated carbocycles. The van der Waals surface area contributed by atoms with E-state index in [1.54, 1.807) is 11.1 Å². The monoisotopic (exact) mass is 192 g/mol. The van der Waals surface area contributed by atoms with E-state index in [0.29, 0.717) is 19.0 Å². The number of aryl methyl sites for hydroxylation is 1. The number of hydrogen-bond donors (Lipinski definition) is 0. The zero-order valence-electron chi connectivity index (χ0n) is 8.06. The van der Waals surface area contributed by atoms with Crippen molar-refractivity contribution in [1.82, 2.24) is 4.98 Å². The fourth-order valence-corrected chi connectivity index (χ4v) is 1.39. The van der Waals surface area contributed by atoms with Gasteiger partial charge in [0.25, 0.3) is 0 Å². The maximum Gasteiger partial charge on any atom is 0.415 e. The number of nitrogens with zero attached hydrogens (tertiary/aromatic N) is 2. The lowest BCUT2D eigenvalue weighted by molar-refractivity contribution is 0.181. The molecule has 2 rings (SSSR count). The second-order valence-electron chi connectivity index (χ2n) is 3.14. The highest BCUT2D eigenvalue weighted by molar-refractivity contribution is 5.87. The maximum atomic E-state index is 11.2. The molecule has 1 saturated heterocycles. The molecular formula is C10H12N2O2. The summed E-state index contributed by atoms with van der Waals surface area (Å²) in [7, 11) is 0. The van der Waals surface area contributed by atoms with Crippen LogP contribution in [0, 0.1) is 0 Å². The third-order valence-corrected chi connectivity index (χ3v) is 2.25.